The molecule has 4 rings (SSSR count). The van der Waals surface area contributed by atoms with Crippen molar-refractivity contribution in [1.29, 1.82) is 0 Å². The second-order valence-electron chi connectivity index (χ2n) is 23.0. The van der Waals surface area contributed by atoms with Crippen molar-refractivity contribution in [2.45, 2.75) is 175 Å². The molecule has 414 valence electrons. The highest BCUT2D eigenvalue weighted by atomic mass is 16.5. The third kappa shape index (κ3) is 26.5. The summed E-state index contributed by atoms with van der Waals surface area (Å²) in [5.74, 6) is 20.1. The van der Waals surface area contributed by atoms with Gasteiger partial charge in [0.05, 0.1) is 73.2 Å². The fourth-order valence-corrected chi connectivity index (χ4v) is 7.41. The molecule has 0 bridgehead atoms. The predicted molar refractivity (Wildman–Crippen MR) is 310 cm³/mol. The molecule has 0 saturated heterocycles. The van der Waals surface area contributed by atoms with Crippen LogP contribution in [0.2, 0.25) is 0 Å². The Balaban J connectivity index is 1.46. The first-order chi connectivity index (χ1) is 36.9. The minimum Gasteiger partial charge on any atom is -0.375 e. The fourth-order valence-electron chi connectivity index (χ4n) is 7.41. The first-order valence-electron chi connectivity index (χ1n) is 26.7. The summed E-state index contributed by atoms with van der Waals surface area (Å²) in [5.41, 5.74) is 31.5. The number of rotatable bonds is 30. The molecule has 0 radical (unpaired) electrons. The molecule has 15 heteroatoms. The average molecular weight is 1060 g/mol. The van der Waals surface area contributed by atoms with E-state index >= 15 is 0 Å². The normalized spacial score (nSPS) is 11.8. The Morgan fingerprint density at radius 1 is 0.321 bits per heavy atom. The quantitative estimate of drug-likeness (QED) is 0.0215. The molecule has 0 aliphatic carbocycles. The van der Waals surface area contributed by atoms with E-state index < -0.39 is 33.6 Å². The van der Waals surface area contributed by atoms with Crippen LogP contribution in [0.1, 0.15) is 172 Å². The molecule has 4 aromatic rings. The summed E-state index contributed by atoms with van der Waals surface area (Å²) in [4.78, 5) is 8.51. The molecule has 0 heterocycles. The molecule has 0 atom stereocenters. The van der Waals surface area contributed by atoms with Crippen molar-refractivity contribution >= 4 is 0 Å². The summed E-state index contributed by atoms with van der Waals surface area (Å²) in [6.45, 7) is 28.5. The maximum Gasteiger partial charge on any atom is 0.0724 e. The summed E-state index contributed by atoms with van der Waals surface area (Å²) in [5, 5.41) is 10.9. The van der Waals surface area contributed by atoms with Crippen molar-refractivity contribution < 1.29 is 28.4 Å². The highest BCUT2D eigenvalue weighted by molar-refractivity contribution is 5.55. The van der Waals surface area contributed by atoms with Crippen LogP contribution in [-0.4, -0.2) is 73.1 Å². The SMILES string of the molecule is CC(C)(CCN=[N+]=[N-])OCCC(C)(C)OCc1ccc(C#Cc2cc(C#Cc3ccc(COC(C)(C)CCOC(C)(C)CCN=[N+]=[N-])cc3)cc(C#Cc3ccc(COC(C)(C)CCOC(C)(C)CCN=[N+]=[N-])cc3)c2)cc1. The van der Waals surface area contributed by atoms with Gasteiger partial charge >= 0.3 is 0 Å². The van der Waals surface area contributed by atoms with E-state index in [1.54, 1.807) is 0 Å². The first kappa shape index (κ1) is 63.8. The van der Waals surface area contributed by atoms with E-state index in [9.17, 15) is 0 Å². The van der Waals surface area contributed by atoms with Crippen LogP contribution in [0.4, 0.5) is 0 Å². The minimum absolute atomic E-state index is 0.390. The van der Waals surface area contributed by atoms with Gasteiger partial charge in [-0.15, -0.1) is 0 Å². The molecule has 0 unspecified atom stereocenters. The van der Waals surface area contributed by atoms with Gasteiger partial charge in [-0.3, -0.25) is 0 Å². The summed E-state index contributed by atoms with van der Waals surface area (Å²) in [6.07, 6.45) is 4.06. The van der Waals surface area contributed by atoms with Crippen LogP contribution in [0.25, 0.3) is 31.3 Å². The number of ether oxygens (including phenoxy) is 6. The van der Waals surface area contributed by atoms with Gasteiger partial charge in [0.25, 0.3) is 0 Å². The van der Waals surface area contributed by atoms with E-state index in [0.717, 1.165) is 50.1 Å². The van der Waals surface area contributed by atoms with E-state index in [-0.39, 0.29) is 0 Å². The molecule has 0 aliphatic heterocycles. The predicted octanol–water partition coefficient (Wildman–Crippen LogP) is 15.4. The molecule has 0 aliphatic rings. The smallest absolute Gasteiger partial charge is 0.0724 e. The van der Waals surface area contributed by atoms with Crippen LogP contribution in [0.15, 0.2) is 106 Å². The van der Waals surface area contributed by atoms with Crippen LogP contribution >= 0.6 is 0 Å². The van der Waals surface area contributed by atoms with Gasteiger partial charge in [-0.2, -0.15) is 0 Å². The van der Waals surface area contributed by atoms with Crippen molar-refractivity contribution in [2.24, 2.45) is 15.3 Å². The molecule has 0 amide bonds. The van der Waals surface area contributed by atoms with Crippen LogP contribution < -0.4 is 0 Å². The monoisotopic (exact) mass is 1060 g/mol. The Hall–Kier alpha value is -6.75. The van der Waals surface area contributed by atoms with Crippen LogP contribution in [0.3, 0.4) is 0 Å². The molecule has 0 saturated carbocycles. The van der Waals surface area contributed by atoms with Crippen molar-refractivity contribution in [1.82, 2.24) is 0 Å². The van der Waals surface area contributed by atoms with E-state index in [1.807, 2.05) is 133 Å². The highest BCUT2D eigenvalue weighted by Gasteiger charge is 2.25. The maximum absolute atomic E-state index is 8.60. The lowest BCUT2D eigenvalue weighted by Crippen LogP contribution is -2.31. The van der Waals surface area contributed by atoms with Gasteiger partial charge in [-0.25, -0.2) is 0 Å². The van der Waals surface area contributed by atoms with Gasteiger partial charge in [0.2, 0.25) is 0 Å². The van der Waals surface area contributed by atoms with Gasteiger partial charge in [-0.05, 0) is 209 Å². The first-order valence-corrected chi connectivity index (χ1v) is 26.7. The summed E-state index contributed by atoms with van der Waals surface area (Å²) < 4.78 is 37.2. The highest BCUT2D eigenvalue weighted by Crippen LogP contribution is 2.25. The number of hydrogen-bond donors (Lipinski definition) is 0. The Kier molecular flexibility index (Phi) is 25.3. The zero-order chi connectivity index (χ0) is 57.1. The summed E-state index contributed by atoms with van der Waals surface area (Å²) in [6, 6.07) is 30.2. The second kappa shape index (κ2) is 31.0. The lowest BCUT2D eigenvalue weighted by molar-refractivity contribution is -0.0797. The standard InChI is InChI=1S/C63H81N9O6/c1-58(2,31-37-67-70-64)73-40-34-61(7,8)76-46-52-22-13-49(14-23-52)19-28-55-43-56(29-20-50-15-24-53(25-16-50)47-77-62(9,10)35-41-74-59(3,4)32-38-68-71-65)45-57(44-55)30-21-51-17-26-54(27-18-51)48-78-63(11,12)36-42-75-60(5,6)33-39-69-72-66/h13-18,22-27,43-45H,31-42,46-48H2,1-12H3. The average Bonchev–Trinajstić information content (AvgIpc) is 3.38. The van der Waals surface area contributed by atoms with Gasteiger partial charge in [0.1, 0.15) is 0 Å². The zero-order valence-electron chi connectivity index (χ0n) is 48.2. The summed E-state index contributed by atoms with van der Waals surface area (Å²) in [7, 11) is 0. The minimum atomic E-state index is -0.404. The van der Waals surface area contributed by atoms with Gasteiger partial charge < -0.3 is 28.4 Å². The van der Waals surface area contributed by atoms with Crippen molar-refractivity contribution in [2.75, 3.05) is 39.5 Å². The van der Waals surface area contributed by atoms with E-state index in [2.05, 4.69) is 107 Å². The van der Waals surface area contributed by atoms with Crippen LogP contribution in [-0.2, 0) is 48.2 Å². The molecular weight excluding hydrogens is 979 g/mol. The topological polar surface area (TPSA) is 202 Å². The Morgan fingerprint density at radius 3 is 0.769 bits per heavy atom. The van der Waals surface area contributed by atoms with Crippen molar-refractivity contribution in [3.63, 3.8) is 0 Å². The van der Waals surface area contributed by atoms with Crippen molar-refractivity contribution in [3.05, 3.63) is 172 Å². The van der Waals surface area contributed by atoms with Gasteiger partial charge in [-0.1, -0.05) is 87.3 Å². The lowest BCUT2D eigenvalue weighted by Gasteiger charge is -2.29. The Morgan fingerprint density at radius 2 is 0.538 bits per heavy atom. The lowest BCUT2D eigenvalue weighted by atomic mass is 10.0. The molecule has 78 heavy (non-hydrogen) atoms. The van der Waals surface area contributed by atoms with Gasteiger partial charge in [0.15, 0.2) is 0 Å². The molecule has 0 spiro atoms. The number of azide groups is 3. The molecular formula is C63H81N9O6. The zero-order valence-corrected chi connectivity index (χ0v) is 48.2. The van der Waals surface area contributed by atoms with Crippen LogP contribution in [0, 0.1) is 35.5 Å². The third-order valence-corrected chi connectivity index (χ3v) is 13.0. The van der Waals surface area contributed by atoms with E-state index in [4.69, 9.17) is 45.0 Å². The molecule has 0 aromatic heterocycles. The molecule has 0 N–H and O–H groups in total. The number of benzene rings is 4. The summed E-state index contributed by atoms with van der Waals surface area (Å²) >= 11 is 0. The Bertz CT molecular complexity index is 2550. The molecule has 4 aromatic carbocycles. The third-order valence-electron chi connectivity index (χ3n) is 13.0. The number of nitrogens with zero attached hydrogens (tertiary/aromatic N) is 9. The number of hydrogen-bond acceptors (Lipinski definition) is 9. The Labute approximate surface area is 464 Å². The van der Waals surface area contributed by atoms with Crippen LogP contribution in [0.5, 0.6) is 0 Å². The van der Waals surface area contributed by atoms with Crippen molar-refractivity contribution in [3.8, 4) is 35.5 Å². The van der Waals surface area contributed by atoms with E-state index in [0.29, 0.717) is 97.8 Å². The molecule has 0 fully saturated rings. The fraction of sp³-hybridized carbons (Fsp3) is 0.524. The second-order valence-corrected chi connectivity index (χ2v) is 23.0. The van der Waals surface area contributed by atoms with E-state index in [1.165, 1.54) is 0 Å². The molecule has 15 nitrogen and oxygen atoms in total. The maximum atomic E-state index is 8.60. The largest absolute Gasteiger partial charge is 0.375 e. The van der Waals surface area contributed by atoms with Gasteiger partial charge in [0, 0.05) is 67.8 Å².